The first-order valence-electron chi connectivity index (χ1n) is 10.4. The number of benzene rings is 3. The highest BCUT2D eigenvalue weighted by Gasteiger charge is 2.75. The Balaban J connectivity index is 1.67. The molecule has 1 heterocycles. The van der Waals surface area contributed by atoms with Crippen LogP contribution in [0.15, 0.2) is 72.8 Å². The third kappa shape index (κ3) is 1.96. The maximum Gasteiger partial charge on any atom is 0.285 e. The summed E-state index contributed by atoms with van der Waals surface area (Å²) in [5.74, 6) is -3.04. The molecule has 0 radical (unpaired) electrons. The fourth-order valence-corrected chi connectivity index (χ4v) is 6.09. The van der Waals surface area contributed by atoms with Crippen LogP contribution in [0.3, 0.4) is 0 Å². The van der Waals surface area contributed by atoms with Gasteiger partial charge in [0.1, 0.15) is 11.7 Å². The molecule has 1 saturated heterocycles. The lowest BCUT2D eigenvalue weighted by molar-refractivity contribution is -0.578. The molecule has 2 amide bonds. The number of carbonyl (C=O) groups excluding carboxylic acids is 2. The molecule has 0 spiro atoms. The maximum atomic E-state index is 13.9. The number of para-hydroxylation sites is 2. The first-order valence-corrected chi connectivity index (χ1v) is 10.4. The zero-order valence-corrected chi connectivity index (χ0v) is 17.1. The van der Waals surface area contributed by atoms with Gasteiger partial charge in [0.05, 0.1) is 18.7 Å². The van der Waals surface area contributed by atoms with Crippen LogP contribution in [-0.2, 0) is 15.1 Å². The van der Waals surface area contributed by atoms with E-state index in [0.29, 0.717) is 22.6 Å². The van der Waals surface area contributed by atoms with Gasteiger partial charge < -0.3 is 4.74 Å². The Morgan fingerprint density at radius 2 is 1.44 bits per heavy atom. The van der Waals surface area contributed by atoms with Gasteiger partial charge >= 0.3 is 0 Å². The van der Waals surface area contributed by atoms with E-state index in [0.717, 1.165) is 16.0 Å². The molecule has 4 aliphatic rings. The smallest absolute Gasteiger partial charge is 0.285 e. The zero-order chi connectivity index (χ0) is 22.2. The molecule has 1 aliphatic heterocycles. The number of amides is 2. The van der Waals surface area contributed by atoms with Crippen LogP contribution < -0.4 is 9.64 Å². The van der Waals surface area contributed by atoms with Crippen molar-refractivity contribution in [1.82, 2.24) is 0 Å². The minimum Gasteiger partial charge on any atom is -0.495 e. The van der Waals surface area contributed by atoms with Crippen LogP contribution >= 0.6 is 0 Å². The van der Waals surface area contributed by atoms with E-state index in [2.05, 4.69) is 0 Å². The Morgan fingerprint density at radius 1 is 0.875 bits per heavy atom. The molecule has 7 heteroatoms. The average molecular weight is 426 g/mol. The number of hydrogen-bond donors (Lipinski definition) is 0. The van der Waals surface area contributed by atoms with Gasteiger partial charge in [0.25, 0.3) is 5.54 Å². The van der Waals surface area contributed by atoms with Gasteiger partial charge in [0.2, 0.25) is 11.8 Å². The second kappa shape index (κ2) is 6.26. The predicted octanol–water partition coefficient (Wildman–Crippen LogP) is 3.48. The van der Waals surface area contributed by atoms with Gasteiger partial charge in [-0.2, -0.15) is 0 Å². The number of hydrogen-bond acceptors (Lipinski definition) is 5. The first kappa shape index (κ1) is 18.7. The molecule has 7 rings (SSSR count). The molecule has 1 fully saturated rings. The van der Waals surface area contributed by atoms with Crippen molar-refractivity contribution in [2.75, 3.05) is 12.0 Å². The topological polar surface area (TPSA) is 89.8 Å². The third-order valence-corrected chi connectivity index (χ3v) is 7.19. The minimum atomic E-state index is -1.82. The lowest BCUT2D eigenvalue weighted by Gasteiger charge is -2.48. The van der Waals surface area contributed by atoms with Crippen molar-refractivity contribution in [2.24, 2.45) is 11.8 Å². The lowest BCUT2D eigenvalue weighted by atomic mass is 9.51. The van der Waals surface area contributed by atoms with Crippen molar-refractivity contribution in [1.29, 1.82) is 0 Å². The van der Waals surface area contributed by atoms with Gasteiger partial charge in [0, 0.05) is 22.0 Å². The van der Waals surface area contributed by atoms with Gasteiger partial charge in [-0.1, -0.05) is 60.7 Å². The van der Waals surface area contributed by atoms with Gasteiger partial charge in [-0.05, 0) is 23.3 Å². The van der Waals surface area contributed by atoms with Crippen molar-refractivity contribution < 1.29 is 19.2 Å². The van der Waals surface area contributed by atoms with Crippen molar-refractivity contribution in [3.63, 3.8) is 0 Å². The van der Waals surface area contributed by atoms with Crippen LogP contribution in [0.5, 0.6) is 5.75 Å². The maximum absolute atomic E-state index is 13.9. The molecule has 3 aromatic rings. The van der Waals surface area contributed by atoms with Gasteiger partial charge in [-0.25, -0.2) is 4.90 Å². The summed E-state index contributed by atoms with van der Waals surface area (Å²) in [7, 11) is 1.46. The second-order valence-electron chi connectivity index (χ2n) is 8.36. The monoisotopic (exact) mass is 426 g/mol. The van der Waals surface area contributed by atoms with Gasteiger partial charge in [-0.3, -0.25) is 19.7 Å². The standard InChI is InChI=1S/C25H18N2O5/c1-32-19-13-7-6-12-18(19)26-23(28)21-20-14-8-2-4-10-16(14)25(27(30)31,22(21)24(26)29)17-11-5-3-9-15(17)20/h2-13,20-22H,1H3/t20?,21-,22+,25?/m0/s1. The van der Waals surface area contributed by atoms with Crippen molar-refractivity contribution >= 4 is 17.5 Å². The molecule has 3 aromatic carbocycles. The second-order valence-corrected chi connectivity index (χ2v) is 8.36. The highest BCUT2D eigenvalue weighted by molar-refractivity contribution is 6.24. The summed E-state index contributed by atoms with van der Waals surface area (Å²) in [5, 5.41) is 12.9. The van der Waals surface area contributed by atoms with E-state index >= 15 is 0 Å². The highest BCUT2D eigenvalue weighted by Crippen LogP contribution is 2.64. The summed E-state index contributed by atoms with van der Waals surface area (Å²) in [6.45, 7) is 0. The average Bonchev–Trinajstić information content (AvgIpc) is 3.09. The molecule has 0 aromatic heterocycles. The number of rotatable bonds is 3. The van der Waals surface area contributed by atoms with E-state index < -0.39 is 35.1 Å². The third-order valence-electron chi connectivity index (χ3n) is 7.19. The molecule has 0 unspecified atom stereocenters. The van der Waals surface area contributed by atoms with E-state index in [1.54, 1.807) is 48.5 Å². The number of methoxy groups -OCH3 is 1. The number of anilines is 1. The van der Waals surface area contributed by atoms with Gasteiger partial charge in [0.15, 0.2) is 0 Å². The fourth-order valence-electron chi connectivity index (χ4n) is 6.09. The number of imide groups is 1. The summed E-state index contributed by atoms with van der Waals surface area (Å²) >= 11 is 0. The summed E-state index contributed by atoms with van der Waals surface area (Å²) < 4.78 is 5.39. The number of carbonyl (C=O) groups is 2. The molecular formula is C25H18N2O5. The van der Waals surface area contributed by atoms with E-state index in [4.69, 9.17) is 4.74 Å². The lowest BCUT2D eigenvalue weighted by Crippen LogP contribution is -2.57. The highest BCUT2D eigenvalue weighted by atomic mass is 16.6. The molecule has 0 saturated carbocycles. The molecule has 0 N–H and O–H groups in total. The first-order chi connectivity index (χ1) is 15.5. The van der Waals surface area contributed by atoms with E-state index in [9.17, 15) is 19.7 Å². The van der Waals surface area contributed by atoms with Crippen molar-refractivity contribution in [3.8, 4) is 5.75 Å². The Labute approximate surface area is 183 Å². The number of nitrogens with zero attached hydrogens (tertiary/aromatic N) is 2. The molecule has 3 aliphatic carbocycles. The largest absolute Gasteiger partial charge is 0.495 e. The minimum absolute atomic E-state index is 0.311. The Morgan fingerprint density at radius 3 is 2.03 bits per heavy atom. The SMILES string of the molecule is COc1ccccc1N1C(=O)[C@H]2C3c4ccccc4C([N+](=O)[O-])(c4ccccc43)[C@H]2C1=O. The fraction of sp³-hybridized carbons (Fsp3) is 0.200. The van der Waals surface area contributed by atoms with Crippen LogP contribution in [-0.4, -0.2) is 23.8 Å². The molecule has 2 bridgehead atoms. The quantitative estimate of drug-likeness (QED) is 0.363. The summed E-state index contributed by atoms with van der Waals surface area (Å²) in [6, 6.07) is 21.0. The summed E-state index contributed by atoms with van der Waals surface area (Å²) in [4.78, 5) is 41.3. The normalized spacial score (nSPS) is 27.0. The van der Waals surface area contributed by atoms with Crippen molar-refractivity contribution in [2.45, 2.75) is 11.5 Å². The summed E-state index contributed by atoms with van der Waals surface area (Å²) in [6.07, 6.45) is 0. The zero-order valence-electron chi connectivity index (χ0n) is 17.1. The molecule has 158 valence electrons. The predicted molar refractivity (Wildman–Crippen MR) is 115 cm³/mol. The van der Waals surface area contributed by atoms with E-state index in [-0.39, 0.29) is 4.92 Å². The Kier molecular flexibility index (Phi) is 3.67. The van der Waals surface area contributed by atoms with Crippen LogP contribution in [0.2, 0.25) is 0 Å². The molecular weight excluding hydrogens is 408 g/mol. The van der Waals surface area contributed by atoms with Crippen LogP contribution in [0, 0.1) is 22.0 Å². The number of ether oxygens (including phenoxy) is 1. The number of nitro groups is 1. The van der Waals surface area contributed by atoms with Crippen LogP contribution in [0.4, 0.5) is 5.69 Å². The van der Waals surface area contributed by atoms with Crippen molar-refractivity contribution in [3.05, 3.63) is 105 Å². The Bertz CT molecular complexity index is 1290. The van der Waals surface area contributed by atoms with E-state index in [1.165, 1.54) is 7.11 Å². The molecule has 7 nitrogen and oxygen atoms in total. The van der Waals surface area contributed by atoms with E-state index in [1.807, 2.05) is 24.3 Å². The van der Waals surface area contributed by atoms with Gasteiger partial charge in [-0.15, -0.1) is 0 Å². The van der Waals surface area contributed by atoms with Crippen LogP contribution in [0.1, 0.15) is 28.2 Å². The summed E-state index contributed by atoms with van der Waals surface area (Å²) in [5.41, 5.74) is 0.969. The molecule has 2 atom stereocenters. The van der Waals surface area contributed by atoms with Crippen LogP contribution in [0.25, 0.3) is 0 Å². The Hall–Kier alpha value is -4.00. The molecule has 32 heavy (non-hydrogen) atoms.